The van der Waals surface area contributed by atoms with E-state index in [9.17, 15) is 4.79 Å². The van der Waals surface area contributed by atoms with Gasteiger partial charge in [-0.3, -0.25) is 0 Å². The van der Waals surface area contributed by atoms with Gasteiger partial charge >= 0.3 is 215 Å². The molecule has 2 N–H and O–H groups in total. The average Bonchev–Trinajstić information content (AvgIpc) is 3.70. The maximum atomic E-state index is 13.0. The van der Waals surface area contributed by atoms with E-state index >= 15 is 0 Å². The number of unbranched alkanes of at least 4 members (excludes halogenated alkanes) is 3. The summed E-state index contributed by atoms with van der Waals surface area (Å²) in [6.07, 6.45) is 13.7. The number of nitrogens with zero attached hydrogens (tertiary/aromatic N) is 2. The van der Waals surface area contributed by atoms with Gasteiger partial charge in [-0.2, -0.15) is 0 Å². The topological polar surface area (TPSA) is 74.2 Å². The van der Waals surface area contributed by atoms with E-state index in [0.717, 1.165) is 17.0 Å². The monoisotopic (exact) mass is 654 g/mol. The van der Waals surface area contributed by atoms with Gasteiger partial charge in [0.2, 0.25) is 0 Å². The maximum absolute atomic E-state index is 13.0. The molecule has 0 radical (unpaired) electrons. The summed E-state index contributed by atoms with van der Waals surface area (Å²) in [6, 6.07) is 13.2. The molecule has 0 saturated carbocycles. The molecule has 1 fully saturated rings. The van der Waals surface area contributed by atoms with Gasteiger partial charge < -0.3 is 4.98 Å². The van der Waals surface area contributed by atoms with Crippen molar-refractivity contribution in [3.05, 3.63) is 66.1 Å². The molecule has 2 aromatic heterocycles. The zero-order valence-electron chi connectivity index (χ0n) is 23.6. The van der Waals surface area contributed by atoms with Crippen molar-refractivity contribution in [1.82, 2.24) is 20.2 Å². The number of hydrogen-bond acceptors (Lipinski definition) is 4. The quantitative estimate of drug-likeness (QED) is 0.105. The summed E-state index contributed by atoms with van der Waals surface area (Å²) in [6.45, 7) is 7.44. The van der Waals surface area contributed by atoms with Gasteiger partial charge in [0.15, 0.2) is 0 Å². The molecule has 1 aliphatic heterocycles. The number of imidazole rings is 1. The number of aromatic amines is 1. The van der Waals surface area contributed by atoms with E-state index in [0.29, 0.717) is 29.5 Å². The second-order valence-corrected chi connectivity index (χ2v) is 24.3. The number of carbonyl (C=O) groups excluding carboxylic acids is 1. The summed E-state index contributed by atoms with van der Waals surface area (Å²) >= 11 is 2.89. The van der Waals surface area contributed by atoms with Crippen LogP contribution in [0.2, 0.25) is 13.3 Å². The Balaban J connectivity index is 1.53. The van der Waals surface area contributed by atoms with Gasteiger partial charge in [-0.15, -0.1) is 0 Å². The third kappa shape index (κ3) is 7.42. The summed E-state index contributed by atoms with van der Waals surface area (Å²) < 4.78 is 12.2. The van der Waals surface area contributed by atoms with Crippen molar-refractivity contribution >= 4 is 51.3 Å². The Bertz CT molecular complexity index is 1250. The molecule has 4 rings (SSSR count). The second kappa shape index (κ2) is 14.3. The number of carbonyl (C=O) groups is 1. The summed E-state index contributed by atoms with van der Waals surface area (Å²) in [5, 5.41) is 3.47. The molecule has 1 saturated heterocycles. The number of H-pyrrole nitrogens is 1. The Morgan fingerprint density at radius 1 is 1.03 bits per heavy atom. The van der Waals surface area contributed by atoms with Gasteiger partial charge in [0.25, 0.3) is 0 Å². The van der Waals surface area contributed by atoms with Crippen molar-refractivity contribution in [2.24, 2.45) is 0 Å². The van der Waals surface area contributed by atoms with Crippen LogP contribution in [0, 0.1) is 0 Å². The van der Waals surface area contributed by atoms with Crippen LogP contribution < -0.4 is 8.90 Å². The van der Waals surface area contributed by atoms with Gasteiger partial charge in [0.1, 0.15) is 0 Å². The SMILES string of the molecule is CCC[CH2][Sn]([CH2]CCC)([CH2]CCC)[c]1cccc(-c2ccc(/C=C3/NC(=S)N(CCc4c[nH]cn4)C3=O)o2)c1. The standard InChI is InChI=1S/C19H15N4O2S.3C4H9.Sn/c24-18-16(22-19(26)23(18)9-8-14-11-20-12-21-14)10-15-6-7-17(25-15)13-4-2-1-3-5-13;3*1-3-4-2;/h1-2,4-7,10-12H,8-9H2,(H,20,21)(H,22,26);3*1,3-4H2,2H3;/b16-10+;;;;. The van der Waals surface area contributed by atoms with Crippen molar-refractivity contribution < 1.29 is 9.21 Å². The van der Waals surface area contributed by atoms with Crippen LogP contribution in [-0.2, 0) is 11.2 Å². The Morgan fingerprint density at radius 3 is 2.38 bits per heavy atom. The van der Waals surface area contributed by atoms with E-state index in [-0.39, 0.29) is 5.91 Å². The molecule has 1 amide bonds. The van der Waals surface area contributed by atoms with Crippen molar-refractivity contribution in [3.63, 3.8) is 0 Å². The predicted octanol–water partition coefficient (Wildman–Crippen LogP) is 7.03. The van der Waals surface area contributed by atoms with Crippen LogP contribution in [0.3, 0.4) is 0 Å². The van der Waals surface area contributed by atoms with Gasteiger partial charge in [-0.05, 0) is 0 Å². The second-order valence-electron chi connectivity index (χ2n) is 10.6. The summed E-state index contributed by atoms with van der Waals surface area (Å²) in [7, 11) is 0. The van der Waals surface area contributed by atoms with Crippen LogP contribution in [0.1, 0.15) is 70.8 Å². The molecule has 0 aliphatic carbocycles. The fourth-order valence-corrected chi connectivity index (χ4v) is 21.8. The number of nitrogens with one attached hydrogen (secondary N) is 2. The molecule has 8 heteroatoms. The third-order valence-corrected chi connectivity index (χ3v) is 23.7. The molecule has 6 nitrogen and oxygen atoms in total. The molecular weight excluding hydrogens is 611 g/mol. The zero-order chi connectivity index (χ0) is 27.7. The van der Waals surface area contributed by atoms with Gasteiger partial charge in [0, 0.05) is 6.20 Å². The van der Waals surface area contributed by atoms with Gasteiger partial charge in [0.05, 0.1) is 12.0 Å². The van der Waals surface area contributed by atoms with E-state index in [1.54, 1.807) is 20.9 Å². The first-order valence-corrected chi connectivity index (χ1v) is 22.4. The molecule has 0 unspecified atom stereocenters. The predicted molar refractivity (Wildman–Crippen MR) is 166 cm³/mol. The number of furan rings is 1. The molecule has 0 bridgehead atoms. The number of amides is 1. The van der Waals surface area contributed by atoms with Crippen LogP contribution in [0.5, 0.6) is 0 Å². The number of aromatic nitrogens is 2. The van der Waals surface area contributed by atoms with Crippen LogP contribution >= 0.6 is 12.2 Å². The first kappa shape index (κ1) is 29.6. The molecule has 3 heterocycles. The van der Waals surface area contributed by atoms with Crippen LogP contribution in [-0.4, -0.2) is 50.8 Å². The van der Waals surface area contributed by atoms with Gasteiger partial charge in [-0.25, -0.2) is 4.98 Å². The van der Waals surface area contributed by atoms with E-state index in [4.69, 9.17) is 16.6 Å². The van der Waals surface area contributed by atoms with E-state index < -0.39 is 18.4 Å². The number of thiocarbonyl (C=S) groups is 1. The van der Waals surface area contributed by atoms with Crippen molar-refractivity contribution in [1.29, 1.82) is 0 Å². The Morgan fingerprint density at radius 2 is 1.74 bits per heavy atom. The fourth-order valence-electron chi connectivity index (χ4n) is 5.51. The van der Waals surface area contributed by atoms with Crippen molar-refractivity contribution in [2.45, 2.75) is 79.0 Å². The summed E-state index contributed by atoms with van der Waals surface area (Å²) in [4.78, 5) is 21.8. The van der Waals surface area contributed by atoms with Crippen molar-refractivity contribution in [3.8, 4) is 11.3 Å². The van der Waals surface area contributed by atoms with Crippen LogP contribution in [0.15, 0.2) is 59.0 Å². The molecular formula is C31H42N4O2SSn. The normalized spacial score (nSPS) is 14.9. The molecule has 3 aromatic rings. The van der Waals surface area contributed by atoms with Crippen molar-refractivity contribution in [2.75, 3.05) is 6.54 Å². The Hall–Kier alpha value is -2.39. The molecule has 1 aliphatic rings. The first-order chi connectivity index (χ1) is 19.0. The minimum absolute atomic E-state index is 0.142. The van der Waals surface area contributed by atoms with Crippen LogP contribution in [0.25, 0.3) is 17.4 Å². The average molecular weight is 653 g/mol. The Labute approximate surface area is 242 Å². The molecule has 0 spiro atoms. The molecule has 1 aromatic carbocycles. The van der Waals surface area contributed by atoms with E-state index in [2.05, 4.69) is 60.3 Å². The molecule has 208 valence electrons. The third-order valence-electron chi connectivity index (χ3n) is 7.81. The summed E-state index contributed by atoms with van der Waals surface area (Å²) in [5.74, 6) is 1.34. The summed E-state index contributed by atoms with van der Waals surface area (Å²) in [5.41, 5.74) is 2.46. The van der Waals surface area contributed by atoms with Crippen LogP contribution in [0.4, 0.5) is 0 Å². The number of benzene rings is 1. The molecule has 0 atom stereocenters. The Kier molecular flexibility index (Phi) is 10.9. The fraction of sp³-hybridized carbons (Fsp3) is 0.452. The van der Waals surface area contributed by atoms with Gasteiger partial charge in [-0.1, -0.05) is 0 Å². The van der Waals surface area contributed by atoms with E-state index in [1.807, 2.05) is 18.3 Å². The zero-order valence-corrected chi connectivity index (χ0v) is 27.3. The molecule has 39 heavy (non-hydrogen) atoms. The van der Waals surface area contributed by atoms with E-state index in [1.165, 1.54) is 51.8 Å². The minimum atomic E-state index is -2.54. The number of hydrogen-bond donors (Lipinski definition) is 2. The number of rotatable bonds is 15. The first-order valence-electron chi connectivity index (χ1n) is 14.5.